The van der Waals surface area contributed by atoms with E-state index in [4.69, 9.17) is 0 Å². The highest BCUT2D eigenvalue weighted by molar-refractivity contribution is 5.57. The Morgan fingerprint density at radius 2 is 2.25 bits per heavy atom. The molecule has 4 nitrogen and oxygen atoms in total. The van der Waals surface area contributed by atoms with Gasteiger partial charge in [0.1, 0.15) is 12.4 Å². The third-order valence-electron chi connectivity index (χ3n) is 2.23. The number of alkyl halides is 1. The molecule has 0 saturated carbocycles. The van der Waals surface area contributed by atoms with Crippen LogP contribution in [0.25, 0.3) is 11.4 Å². The maximum absolute atomic E-state index is 12.2. The number of aromatic nitrogens is 3. The summed E-state index contributed by atoms with van der Waals surface area (Å²) >= 11 is 0. The second kappa shape index (κ2) is 4.85. The van der Waals surface area contributed by atoms with Crippen LogP contribution in [0.3, 0.4) is 0 Å². The number of aliphatic hydroxyl groups is 1. The molecule has 0 aliphatic carbocycles. The summed E-state index contributed by atoms with van der Waals surface area (Å²) in [7, 11) is 0. The average molecular weight is 221 g/mol. The number of hydrogen-bond donors (Lipinski definition) is 1. The number of aryl methyl sites for hydroxylation is 1. The second-order valence-corrected chi connectivity index (χ2v) is 3.33. The zero-order valence-electron chi connectivity index (χ0n) is 8.67. The highest BCUT2D eigenvalue weighted by Crippen LogP contribution is 2.19. The fourth-order valence-corrected chi connectivity index (χ4v) is 1.50. The van der Waals surface area contributed by atoms with E-state index in [-0.39, 0.29) is 13.2 Å². The zero-order valence-corrected chi connectivity index (χ0v) is 8.67. The first kappa shape index (κ1) is 10.8. The number of rotatable bonds is 4. The molecule has 2 aromatic heterocycles. The van der Waals surface area contributed by atoms with E-state index >= 15 is 0 Å². The molecular weight excluding hydrogens is 209 g/mol. The van der Waals surface area contributed by atoms with Crippen molar-refractivity contribution in [3.8, 4) is 11.4 Å². The first-order valence-electron chi connectivity index (χ1n) is 4.99. The van der Waals surface area contributed by atoms with Crippen LogP contribution in [0.4, 0.5) is 4.39 Å². The third kappa shape index (κ3) is 2.09. The van der Waals surface area contributed by atoms with Crippen LogP contribution in [0.5, 0.6) is 0 Å². The molecule has 2 rings (SSSR count). The van der Waals surface area contributed by atoms with Gasteiger partial charge in [0.25, 0.3) is 0 Å². The van der Waals surface area contributed by atoms with Gasteiger partial charge in [0.05, 0.1) is 18.8 Å². The van der Waals surface area contributed by atoms with Crippen molar-refractivity contribution >= 4 is 0 Å². The molecule has 1 N–H and O–H groups in total. The third-order valence-corrected chi connectivity index (χ3v) is 2.23. The van der Waals surface area contributed by atoms with Gasteiger partial charge in [-0.25, -0.2) is 4.39 Å². The van der Waals surface area contributed by atoms with E-state index in [0.717, 1.165) is 0 Å². The van der Waals surface area contributed by atoms with Gasteiger partial charge < -0.3 is 5.11 Å². The summed E-state index contributed by atoms with van der Waals surface area (Å²) < 4.78 is 13.7. The van der Waals surface area contributed by atoms with Crippen LogP contribution in [-0.4, -0.2) is 26.5 Å². The lowest BCUT2D eigenvalue weighted by atomic mass is 10.2. The lowest BCUT2D eigenvalue weighted by molar-refractivity contribution is 0.282. The summed E-state index contributed by atoms with van der Waals surface area (Å²) in [5, 5.41) is 13.4. The second-order valence-electron chi connectivity index (χ2n) is 3.33. The van der Waals surface area contributed by atoms with Crippen molar-refractivity contribution in [2.75, 3.05) is 6.67 Å². The predicted molar refractivity (Wildman–Crippen MR) is 57.4 cm³/mol. The lowest BCUT2D eigenvalue weighted by Crippen LogP contribution is -1.99. The van der Waals surface area contributed by atoms with E-state index in [1.165, 1.54) is 4.68 Å². The van der Waals surface area contributed by atoms with Crippen LogP contribution in [0, 0.1) is 0 Å². The molecule has 2 aromatic rings. The Bertz CT molecular complexity index is 456. The van der Waals surface area contributed by atoms with Gasteiger partial charge in [-0.3, -0.25) is 9.67 Å². The zero-order chi connectivity index (χ0) is 11.4. The van der Waals surface area contributed by atoms with Crippen LogP contribution in [0.15, 0.2) is 30.6 Å². The number of halogens is 1. The van der Waals surface area contributed by atoms with Crippen molar-refractivity contribution in [1.82, 2.24) is 14.8 Å². The molecule has 0 bridgehead atoms. The van der Waals surface area contributed by atoms with Crippen LogP contribution >= 0.6 is 0 Å². The molecule has 0 aromatic carbocycles. The lowest BCUT2D eigenvalue weighted by Gasteiger charge is -1.97. The molecule has 16 heavy (non-hydrogen) atoms. The van der Waals surface area contributed by atoms with Gasteiger partial charge in [0.15, 0.2) is 0 Å². The molecule has 0 fully saturated rings. The van der Waals surface area contributed by atoms with Gasteiger partial charge in [0.2, 0.25) is 0 Å². The minimum absolute atomic E-state index is 0.127. The Morgan fingerprint density at radius 3 is 2.88 bits per heavy atom. The molecule has 0 saturated heterocycles. The smallest absolute Gasteiger partial charge is 0.116 e. The van der Waals surface area contributed by atoms with E-state index in [1.54, 1.807) is 24.5 Å². The van der Waals surface area contributed by atoms with E-state index in [0.29, 0.717) is 17.0 Å². The van der Waals surface area contributed by atoms with E-state index in [1.807, 2.05) is 6.07 Å². The highest BCUT2D eigenvalue weighted by Gasteiger charge is 2.10. The van der Waals surface area contributed by atoms with Crippen molar-refractivity contribution in [3.63, 3.8) is 0 Å². The SMILES string of the molecule is OCc1cn(CCF)nc1-c1ccccn1. The largest absolute Gasteiger partial charge is 0.392 e. The minimum atomic E-state index is -0.478. The van der Waals surface area contributed by atoms with Crippen molar-refractivity contribution < 1.29 is 9.50 Å². The summed E-state index contributed by atoms with van der Waals surface area (Å²) in [5.74, 6) is 0. The van der Waals surface area contributed by atoms with E-state index in [2.05, 4.69) is 10.1 Å². The van der Waals surface area contributed by atoms with Crippen LogP contribution < -0.4 is 0 Å². The highest BCUT2D eigenvalue weighted by atomic mass is 19.1. The summed E-state index contributed by atoms with van der Waals surface area (Å²) in [4.78, 5) is 4.15. The summed E-state index contributed by atoms with van der Waals surface area (Å²) in [6, 6.07) is 5.46. The van der Waals surface area contributed by atoms with Crippen LogP contribution in [-0.2, 0) is 13.2 Å². The molecule has 0 aliphatic heterocycles. The Kier molecular flexibility index (Phi) is 3.26. The Balaban J connectivity index is 2.39. The number of nitrogens with zero attached hydrogens (tertiary/aromatic N) is 3. The maximum Gasteiger partial charge on any atom is 0.116 e. The maximum atomic E-state index is 12.2. The summed E-state index contributed by atoms with van der Waals surface area (Å²) in [6.07, 6.45) is 3.30. The van der Waals surface area contributed by atoms with Gasteiger partial charge in [-0.15, -0.1) is 0 Å². The van der Waals surface area contributed by atoms with Crippen molar-refractivity contribution in [3.05, 3.63) is 36.2 Å². The van der Waals surface area contributed by atoms with Crippen LogP contribution in [0.1, 0.15) is 5.56 Å². The van der Waals surface area contributed by atoms with E-state index < -0.39 is 6.67 Å². The van der Waals surface area contributed by atoms with Gasteiger partial charge in [-0.2, -0.15) is 5.10 Å². The molecule has 0 unspecified atom stereocenters. The summed E-state index contributed by atoms with van der Waals surface area (Å²) in [6.45, 7) is -0.410. The molecule has 84 valence electrons. The fourth-order valence-electron chi connectivity index (χ4n) is 1.50. The summed E-state index contributed by atoms with van der Waals surface area (Å²) in [5.41, 5.74) is 1.95. The number of hydrogen-bond acceptors (Lipinski definition) is 3. The first-order chi connectivity index (χ1) is 7.85. The Morgan fingerprint density at radius 1 is 1.38 bits per heavy atom. The predicted octanol–water partition coefficient (Wildman–Crippen LogP) is 1.41. The van der Waals surface area contributed by atoms with Crippen LogP contribution in [0.2, 0.25) is 0 Å². The first-order valence-corrected chi connectivity index (χ1v) is 4.99. The van der Waals surface area contributed by atoms with Gasteiger partial charge in [0, 0.05) is 18.0 Å². The van der Waals surface area contributed by atoms with Gasteiger partial charge in [-0.05, 0) is 12.1 Å². The Hall–Kier alpha value is -1.75. The molecule has 0 amide bonds. The van der Waals surface area contributed by atoms with Gasteiger partial charge in [-0.1, -0.05) is 6.07 Å². The quantitative estimate of drug-likeness (QED) is 0.849. The molecule has 0 radical (unpaired) electrons. The average Bonchev–Trinajstić information content (AvgIpc) is 2.74. The molecule has 0 aliphatic rings. The molecule has 2 heterocycles. The van der Waals surface area contributed by atoms with E-state index in [9.17, 15) is 9.50 Å². The molecule has 5 heteroatoms. The van der Waals surface area contributed by atoms with Crippen molar-refractivity contribution in [1.29, 1.82) is 0 Å². The number of aliphatic hydroxyl groups excluding tert-OH is 1. The standard InChI is InChI=1S/C11H12FN3O/c12-4-6-15-7-9(8-16)11(14-15)10-3-1-2-5-13-10/h1-3,5,7,16H,4,6,8H2. The van der Waals surface area contributed by atoms with Gasteiger partial charge >= 0.3 is 0 Å². The Labute approximate surface area is 92.4 Å². The monoisotopic (exact) mass is 221 g/mol. The topological polar surface area (TPSA) is 50.9 Å². The van der Waals surface area contributed by atoms with Crippen molar-refractivity contribution in [2.45, 2.75) is 13.2 Å². The fraction of sp³-hybridized carbons (Fsp3) is 0.273. The molecule has 0 spiro atoms. The number of pyridine rings is 1. The normalized spacial score (nSPS) is 10.6. The van der Waals surface area contributed by atoms with Crippen molar-refractivity contribution in [2.24, 2.45) is 0 Å². The molecular formula is C11H12FN3O. The minimum Gasteiger partial charge on any atom is -0.392 e. The molecule has 0 atom stereocenters.